The lowest BCUT2D eigenvalue weighted by molar-refractivity contribution is 0.0602. The molecule has 0 aliphatic rings. The maximum absolute atomic E-state index is 13.8. The van der Waals surface area contributed by atoms with Gasteiger partial charge < -0.3 is 15.8 Å². The van der Waals surface area contributed by atoms with Crippen LogP contribution in [0.2, 0.25) is 0 Å². The van der Waals surface area contributed by atoms with Crippen LogP contribution >= 0.6 is 27.3 Å². The Morgan fingerprint density at radius 2 is 2.25 bits per heavy atom. The molecule has 0 unspecified atom stereocenters. The Bertz CT molecular complexity index is 645. The van der Waals surface area contributed by atoms with Gasteiger partial charge in [-0.1, -0.05) is 0 Å². The first kappa shape index (κ1) is 14.8. The average molecular weight is 359 g/mol. The molecule has 0 bridgehead atoms. The summed E-state index contributed by atoms with van der Waals surface area (Å²) in [7, 11) is 1.25. The van der Waals surface area contributed by atoms with Gasteiger partial charge in [-0.25, -0.2) is 9.18 Å². The summed E-state index contributed by atoms with van der Waals surface area (Å²) in [5, 5.41) is 2.94. The van der Waals surface area contributed by atoms with Gasteiger partial charge in [-0.05, 0) is 40.2 Å². The van der Waals surface area contributed by atoms with E-state index in [1.165, 1.54) is 13.2 Å². The van der Waals surface area contributed by atoms with Gasteiger partial charge in [0.1, 0.15) is 5.82 Å². The minimum Gasteiger partial charge on any atom is -0.465 e. The molecule has 0 saturated carbocycles. The number of carbonyl (C=O) groups excluding carboxylic acids is 1. The number of rotatable bonds is 4. The zero-order valence-electron chi connectivity index (χ0n) is 10.6. The van der Waals surface area contributed by atoms with Crippen molar-refractivity contribution in [3.63, 3.8) is 0 Å². The Balaban J connectivity index is 2.20. The predicted molar refractivity (Wildman–Crippen MR) is 81.5 cm³/mol. The van der Waals surface area contributed by atoms with E-state index in [1.54, 1.807) is 11.3 Å². The summed E-state index contributed by atoms with van der Waals surface area (Å²) in [6.07, 6.45) is 0. The average Bonchev–Trinajstić information content (AvgIpc) is 2.83. The topological polar surface area (TPSA) is 64.3 Å². The van der Waals surface area contributed by atoms with Gasteiger partial charge in [0.15, 0.2) is 0 Å². The van der Waals surface area contributed by atoms with E-state index in [2.05, 4.69) is 26.0 Å². The van der Waals surface area contributed by atoms with Gasteiger partial charge >= 0.3 is 5.97 Å². The smallest absolute Gasteiger partial charge is 0.340 e. The number of methoxy groups -OCH3 is 1. The molecule has 0 spiro atoms. The minimum atomic E-state index is -0.593. The molecule has 0 aliphatic heterocycles. The highest BCUT2D eigenvalue weighted by Gasteiger charge is 2.14. The van der Waals surface area contributed by atoms with Crippen LogP contribution in [-0.4, -0.2) is 13.1 Å². The van der Waals surface area contributed by atoms with Crippen LogP contribution in [0.4, 0.5) is 15.8 Å². The van der Waals surface area contributed by atoms with Gasteiger partial charge in [0.25, 0.3) is 0 Å². The monoisotopic (exact) mass is 358 g/mol. The number of ether oxygens (including phenoxy) is 1. The first-order chi connectivity index (χ1) is 9.51. The molecular formula is C13H12BrFN2O2S. The molecule has 106 valence electrons. The molecule has 1 aromatic heterocycles. The van der Waals surface area contributed by atoms with Crippen LogP contribution in [0.5, 0.6) is 0 Å². The van der Waals surface area contributed by atoms with Crippen molar-refractivity contribution < 1.29 is 13.9 Å². The summed E-state index contributed by atoms with van der Waals surface area (Å²) in [6.45, 7) is 0.456. The van der Waals surface area contributed by atoms with Gasteiger partial charge in [0.2, 0.25) is 0 Å². The molecule has 0 saturated heterocycles. The van der Waals surface area contributed by atoms with Gasteiger partial charge in [-0.2, -0.15) is 0 Å². The molecule has 0 aliphatic carbocycles. The summed E-state index contributed by atoms with van der Waals surface area (Å²) in [4.78, 5) is 12.6. The number of nitrogens with one attached hydrogen (secondary N) is 1. The van der Waals surface area contributed by atoms with Gasteiger partial charge in [-0.3, -0.25) is 0 Å². The second kappa shape index (κ2) is 6.23. The Labute approximate surface area is 127 Å². The number of nitrogens with two attached hydrogens (primary N) is 1. The lowest BCUT2D eigenvalue weighted by Gasteiger charge is -2.10. The van der Waals surface area contributed by atoms with E-state index in [4.69, 9.17) is 5.73 Å². The molecule has 0 amide bonds. The van der Waals surface area contributed by atoms with Crippen molar-refractivity contribution in [3.05, 3.63) is 44.3 Å². The number of halogens is 2. The van der Waals surface area contributed by atoms with Crippen LogP contribution in [-0.2, 0) is 11.3 Å². The second-order valence-corrected chi connectivity index (χ2v) is 6.52. The Morgan fingerprint density at radius 1 is 1.50 bits per heavy atom. The molecule has 4 nitrogen and oxygen atoms in total. The Morgan fingerprint density at radius 3 is 2.85 bits per heavy atom. The van der Waals surface area contributed by atoms with E-state index < -0.39 is 11.8 Å². The fourth-order valence-corrected chi connectivity index (χ4v) is 3.06. The molecule has 1 aromatic carbocycles. The van der Waals surface area contributed by atoms with Crippen molar-refractivity contribution in [1.82, 2.24) is 0 Å². The van der Waals surface area contributed by atoms with Crippen LogP contribution in [0.25, 0.3) is 0 Å². The molecule has 0 atom stereocenters. The maximum Gasteiger partial charge on any atom is 0.340 e. The number of thiophene rings is 1. The SMILES string of the molecule is COC(=O)c1cc(NCc2ccc(Br)s2)c(F)cc1N. The maximum atomic E-state index is 13.8. The summed E-state index contributed by atoms with van der Waals surface area (Å²) >= 11 is 4.91. The lowest BCUT2D eigenvalue weighted by atomic mass is 10.1. The summed E-state index contributed by atoms with van der Waals surface area (Å²) < 4.78 is 19.4. The minimum absolute atomic E-state index is 0.0544. The normalized spacial score (nSPS) is 10.3. The van der Waals surface area contributed by atoms with E-state index in [9.17, 15) is 9.18 Å². The van der Waals surface area contributed by atoms with E-state index in [1.807, 2.05) is 12.1 Å². The zero-order valence-corrected chi connectivity index (χ0v) is 13.0. The largest absolute Gasteiger partial charge is 0.465 e. The highest BCUT2D eigenvalue weighted by atomic mass is 79.9. The number of nitrogen functional groups attached to an aromatic ring is 1. The third kappa shape index (κ3) is 3.29. The van der Waals surface area contributed by atoms with Crippen LogP contribution in [0, 0.1) is 5.82 Å². The number of benzene rings is 1. The quantitative estimate of drug-likeness (QED) is 0.646. The first-order valence-electron chi connectivity index (χ1n) is 5.66. The third-order valence-corrected chi connectivity index (χ3v) is 4.25. The van der Waals surface area contributed by atoms with Crippen molar-refractivity contribution in [3.8, 4) is 0 Å². The van der Waals surface area contributed by atoms with Crippen LogP contribution < -0.4 is 11.1 Å². The lowest BCUT2D eigenvalue weighted by Crippen LogP contribution is -2.09. The fourth-order valence-electron chi connectivity index (χ4n) is 1.64. The van der Waals surface area contributed by atoms with Crippen LogP contribution in [0.3, 0.4) is 0 Å². The Hall–Kier alpha value is -1.60. The van der Waals surface area contributed by atoms with Gasteiger partial charge in [0.05, 0.1) is 22.1 Å². The van der Waals surface area contributed by atoms with Crippen molar-refractivity contribution in [2.24, 2.45) is 0 Å². The molecule has 0 fully saturated rings. The Kier molecular flexibility index (Phi) is 4.61. The summed E-state index contributed by atoms with van der Waals surface area (Å²) in [5.74, 6) is -1.10. The fraction of sp³-hybridized carbons (Fsp3) is 0.154. The molecule has 3 N–H and O–H groups in total. The summed E-state index contributed by atoms with van der Waals surface area (Å²) in [5.41, 5.74) is 6.01. The van der Waals surface area contributed by atoms with E-state index in [-0.39, 0.29) is 16.9 Å². The highest BCUT2D eigenvalue weighted by molar-refractivity contribution is 9.11. The van der Waals surface area contributed by atoms with Crippen molar-refractivity contribution >= 4 is 44.6 Å². The summed E-state index contributed by atoms with van der Waals surface area (Å²) in [6, 6.07) is 6.32. The molecule has 2 aromatic rings. The van der Waals surface area contributed by atoms with Crippen LogP contribution in [0.1, 0.15) is 15.2 Å². The molecule has 7 heteroatoms. The standard InChI is InChI=1S/C13H12BrFN2O2S/c1-19-13(18)8-4-11(9(15)5-10(8)16)17-6-7-2-3-12(14)20-7/h2-5,17H,6,16H2,1H3. The third-order valence-electron chi connectivity index (χ3n) is 2.63. The van der Waals surface area contributed by atoms with E-state index in [0.717, 1.165) is 14.7 Å². The number of anilines is 2. The van der Waals surface area contributed by atoms with E-state index in [0.29, 0.717) is 6.54 Å². The van der Waals surface area contributed by atoms with E-state index >= 15 is 0 Å². The first-order valence-corrected chi connectivity index (χ1v) is 7.27. The van der Waals surface area contributed by atoms with Gasteiger partial charge in [0, 0.05) is 17.1 Å². The van der Waals surface area contributed by atoms with Crippen LogP contribution in [0.15, 0.2) is 28.1 Å². The number of hydrogen-bond acceptors (Lipinski definition) is 5. The second-order valence-electron chi connectivity index (χ2n) is 3.97. The van der Waals surface area contributed by atoms with Crippen molar-refractivity contribution in [2.75, 3.05) is 18.2 Å². The van der Waals surface area contributed by atoms with Crippen molar-refractivity contribution in [1.29, 1.82) is 0 Å². The zero-order chi connectivity index (χ0) is 14.7. The molecule has 20 heavy (non-hydrogen) atoms. The molecule has 2 rings (SSSR count). The number of carbonyl (C=O) groups is 1. The molecule has 1 heterocycles. The molecular weight excluding hydrogens is 347 g/mol. The predicted octanol–water partition coefficient (Wildman–Crippen LogP) is 3.63. The molecule has 0 radical (unpaired) electrons. The number of esters is 1. The number of hydrogen-bond donors (Lipinski definition) is 2. The van der Waals surface area contributed by atoms with Crippen molar-refractivity contribution in [2.45, 2.75) is 6.54 Å². The highest BCUT2D eigenvalue weighted by Crippen LogP contribution is 2.26. The van der Waals surface area contributed by atoms with Gasteiger partial charge in [-0.15, -0.1) is 11.3 Å².